The van der Waals surface area contributed by atoms with Gasteiger partial charge in [-0.3, -0.25) is 4.79 Å². The van der Waals surface area contributed by atoms with Crippen LogP contribution in [0.3, 0.4) is 0 Å². The third-order valence-corrected chi connectivity index (χ3v) is 3.16. The molecule has 0 aliphatic heterocycles. The van der Waals surface area contributed by atoms with E-state index in [1.165, 1.54) is 11.0 Å². The lowest BCUT2D eigenvalue weighted by Gasteiger charge is -2.11. The third-order valence-electron chi connectivity index (χ3n) is 2.47. The topological polar surface area (TPSA) is 66.8 Å². The average Bonchev–Trinajstić information content (AvgIpc) is 2.35. The van der Waals surface area contributed by atoms with E-state index in [9.17, 15) is 9.59 Å². The van der Waals surface area contributed by atoms with Gasteiger partial charge in [-0.05, 0) is 40.5 Å². The molecule has 1 aromatic carbocycles. The normalized spacial score (nSPS) is 10.1. The van der Waals surface area contributed by atoms with Crippen LogP contribution in [0, 0.1) is 0 Å². The Balaban J connectivity index is 2.48. The fourth-order valence-corrected chi connectivity index (χ4v) is 1.81. The van der Waals surface area contributed by atoms with Crippen molar-refractivity contribution in [3.8, 4) is 5.75 Å². The molecule has 0 saturated heterocycles. The average molecular weight is 330 g/mol. The summed E-state index contributed by atoms with van der Waals surface area (Å²) in [5.74, 6) is -0.483. The summed E-state index contributed by atoms with van der Waals surface area (Å²) in [7, 11) is 3.41. The van der Waals surface area contributed by atoms with Gasteiger partial charge in [0, 0.05) is 25.0 Å². The Bertz CT molecular complexity index is 474. The molecule has 0 saturated carbocycles. The molecule has 1 aromatic rings. The number of amides is 1. The smallest absolute Gasteiger partial charge is 0.336 e. The van der Waals surface area contributed by atoms with Gasteiger partial charge in [0.05, 0.1) is 12.2 Å². The number of hydrogen-bond acceptors (Lipinski definition) is 3. The monoisotopic (exact) mass is 329 g/mol. The molecule has 1 N–H and O–H groups in total. The second-order valence-corrected chi connectivity index (χ2v) is 5.04. The van der Waals surface area contributed by atoms with E-state index in [1.54, 1.807) is 26.2 Å². The van der Waals surface area contributed by atoms with Gasteiger partial charge < -0.3 is 14.7 Å². The van der Waals surface area contributed by atoms with Gasteiger partial charge in [0.15, 0.2) is 0 Å². The molecule has 6 heteroatoms. The minimum absolute atomic E-state index is 0.0469. The van der Waals surface area contributed by atoms with Crippen molar-refractivity contribution in [3.63, 3.8) is 0 Å². The number of carboxylic acid groups (broad SMARTS) is 1. The first-order valence-electron chi connectivity index (χ1n) is 5.77. The summed E-state index contributed by atoms with van der Waals surface area (Å²) in [5.41, 5.74) is 0.155. The predicted octanol–water partition coefficient (Wildman–Crippen LogP) is 2.39. The maximum absolute atomic E-state index is 11.3. The number of nitrogens with zero attached hydrogens (tertiary/aromatic N) is 1. The number of ether oxygens (including phenoxy) is 1. The summed E-state index contributed by atoms with van der Waals surface area (Å²) in [5, 5.41) is 8.96. The van der Waals surface area contributed by atoms with Gasteiger partial charge in [-0.1, -0.05) is 0 Å². The molecule has 0 unspecified atom stereocenters. The van der Waals surface area contributed by atoms with E-state index in [2.05, 4.69) is 15.9 Å². The largest absolute Gasteiger partial charge is 0.494 e. The second-order valence-electron chi connectivity index (χ2n) is 4.19. The van der Waals surface area contributed by atoms with Crippen molar-refractivity contribution >= 4 is 27.8 Å². The number of carbonyl (C=O) groups excluding carboxylic acids is 1. The summed E-state index contributed by atoms with van der Waals surface area (Å²) < 4.78 is 5.94. The van der Waals surface area contributed by atoms with Gasteiger partial charge in [-0.2, -0.15) is 0 Å². The molecule has 1 rings (SSSR count). The quantitative estimate of drug-likeness (QED) is 0.814. The molecule has 0 aromatic heterocycles. The summed E-state index contributed by atoms with van der Waals surface area (Å²) in [6.07, 6.45) is 1.00. The van der Waals surface area contributed by atoms with Crippen molar-refractivity contribution in [2.24, 2.45) is 0 Å². The Morgan fingerprint density at radius 3 is 2.63 bits per heavy atom. The van der Waals surface area contributed by atoms with Crippen LogP contribution in [-0.2, 0) is 4.79 Å². The van der Waals surface area contributed by atoms with Gasteiger partial charge in [-0.15, -0.1) is 0 Å². The molecule has 0 spiro atoms. The van der Waals surface area contributed by atoms with E-state index < -0.39 is 5.97 Å². The lowest BCUT2D eigenvalue weighted by atomic mass is 10.2. The van der Waals surface area contributed by atoms with Crippen LogP contribution in [0.1, 0.15) is 23.2 Å². The standard InChI is InChI=1S/C13H16BrNO4/c1-15(2)12(16)4-3-7-19-9-5-6-11(14)10(8-9)13(17)18/h5-6,8H,3-4,7H2,1-2H3,(H,17,18). The number of rotatable bonds is 6. The molecule has 0 aliphatic rings. The van der Waals surface area contributed by atoms with Crippen LogP contribution in [-0.4, -0.2) is 42.6 Å². The van der Waals surface area contributed by atoms with E-state index in [4.69, 9.17) is 9.84 Å². The van der Waals surface area contributed by atoms with E-state index in [0.717, 1.165) is 0 Å². The molecular weight excluding hydrogens is 314 g/mol. The van der Waals surface area contributed by atoms with Gasteiger partial charge in [0.2, 0.25) is 5.91 Å². The number of aromatic carboxylic acids is 1. The van der Waals surface area contributed by atoms with Crippen molar-refractivity contribution < 1.29 is 19.4 Å². The van der Waals surface area contributed by atoms with Crippen LogP contribution in [0.5, 0.6) is 5.75 Å². The van der Waals surface area contributed by atoms with Gasteiger partial charge >= 0.3 is 5.97 Å². The second kappa shape index (κ2) is 7.13. The first-order chi connectivity index (χ1) is 8.91. The zero-order valence-corrected chi connectivity index (χ0v) is 12.4. The lowest BCUT2D eigenvalue weighted by Crippen LogP contribution is -2.21. The van der Waals surface area contributed by atoms with Crippen molar-refractivity contribution in [1.29, 1.82) is 0 Å². The van der Waals surface area contributed by atoms with Gasteiger partial charge in [0.1, 0.15) is 5.75 Å². The van der Waals surface area contributed by atoms with Crippen LogP contribution in [0.25, 0.3) is 0 Å². The zero-order valence-electron chi connectivity index (χ0n) is 10.9. The van der Waals surface area contributed by atoms with Crippen LogP contribution in [0.4, 0.5) is 0 Å². The van der Waals surface area contributed by atoms with Crippen LogP contribution >= 0.6 is 15.9 Å². The molecule has 0 atom stereocenters. The molecular formula is C13H16BrNO4. The fraction of sp³-hybridized carbons (Fsp3) is 0.385. The van der Waals surface area contributed by atoms with Gasteiger partial charge in [-0.25, -0.2) is 4.79 Å². The molecule has 5 nitrogen and oxygen atoms in total. The van der Waals surface area contributed by atoms with Crippen LogP contribution in [0.2, 0.25) is 0 Å². The number of benzene rings is 1. The highest BCUT2D eigenvalue weighted by molar-refractivity contribution is 9.10. The van der Waals surface area contributed by atoms with E-state index >= 15 is 0 Å². The lowest BCUT2D eigenvalue weighted by molar-refractivity contribution is -0.128. The molecule has 0 bridgehead atoms. The van der Waals surface area contributed by atoms with Crippen LogP contribution in [0.15, 0.2) is 22.7 Å². The first kappa shape index (κ1) is 15.5. The zero-order chi connectivity index (χ0) is 14.4. The highest BCUT2D eigenvalue weighted by atomic mass is 79.9. The molecule has 19 heavy (non-hydrogen) atoms. The van der Waals surface area contributed by atoms with E-state index in [0.29, 0.717) is 29.7 Å². The molecule has 1 amide bonds. The summed E-state index contributed by atoms with van der Waals surface area (Å²) in [6.45, 7) is 0.375. The third kappa shape index (κ3) is 4.90. The number of halogens is 1. The Morgan fingerprint density at radius 1 is 1.37 bits per heavy atom. The van der Waals surface area contributed by atoms with E-state index in [1.807, 2.05) is 0 Å². The van der Waals surface area contributed by atoms with Crippen molar-refractivity contribution in [3.05, 3.63) is 28.2 Å². The number of carbonyl (C=O) groups is 2. The Morgan fingerprint density at radius 2 is 2.05 bits per heavy atom. The fourth-order valence-electron chi connectivity index (χ4n) is 1.40. The van der Waals surface area contributed by atoms with Crippen molar-refractivity contribution in [2.45, 2.75) is 12.8 Å². The summed E-state index contributed by atoms with van der Waals surface area (Å²) >= 11 is 3.16. The van der Waals surface area contributed by atoms with E-state index in [-0.39, 0.29) is 11.5 Å². The van der Waals surface area contributed by atoms with Gasteiger partial charge in [0.25, 0.3) is 0 Å². The summed E-state index contributed by atoms with van der Waals surface area (Å²) in [4.78, 5) is 23.8. The highest BCUT2D eigenvalue weighted by Gasteiger charge is 2.09. The first-order valence-corrected chi connectivity index (χ1v) is 6.57. The Hall–Kier alpha value is -1.56. The molecule has 0 radical (unpaired) electrons. The molecule has 104 valence electrons. The Labute approximate surface area is 120 Å². The number of hydrogen-bond donors (Lipinski definition) is 1. The molecule has 0 heterocycles. The van der Waals surface area contributed by atoms with Crippen molar-refractivity contribution in [1.82, 2.24) is 4.90 Å². The van der Waals surface area contributed by atoms with Crippen molar-refractivity contribution in [2.75, 3.05) is 20.7 Å². The number of carboxylic acids is 1. The highest BCUT2D eigenvalue weighted by Crippen LogP contribution is 2.22. The minimum Gasteiger partial charge on any atom is -0.494 e. The Kier molecular flexibility index (Phi) is 5.82. The predicted molar refractivity (Wildman–Crippen MR) is 74.5 cm³/mol. The maximum atomic E-state index is 11.3. The maximum Gasteiger partial charge on any atom is 0.336 e. The SMILES string of the molecule is CN(C)C(=O)CCCOc1ccc(Br)c(C(=O)O)c1. The summed E-state index contributed by atoms with van der Waals surface area (Å²) in [6, 6.07) is 4.77. The van der Waals surface area contributed by atoms with Crippen LogP contribution < -0.4 is 4.74 Å². The molecule has 0 fully saturated rings. The molecule has 0 aliphatic carbocycles. The minimum atomic E-state index is -1.01.